The largest absolute Gasteiger partial charge is 0.463 e. The van der Waals surface area contributed by atoms with Gasteiger partial charge >= 0.3 is 18.0 Å². The second-order valence-corrected chi connectivity index (χ2v) is 7.95. The number of nitrogens with one attached hydrogen (secondary N) is 2. The normalized spacial score (nSPS) is 17.0. The molecule has 2 heterocycles. The van der Waals surface area contributed by atoms with Crippen LogP contribution >= 0.6 is 0 Å². The van der Waals surface area contributed by atoms with Crippen molar-refractivity contribution in [3.05, 3.63) is 82.1 Å². The standard InChI is InChI=1S/C25H23N3O7/c1-3-34-24(32)20-14(2)26-25(33)27-19(20)13-35-23(31)16-9-10-17-18(11-16)22(30)28(21(17)29)12-15-7-5-4-6-8-15/h4-11,14H,3,12-13H2,1-2H3,(H2,26,27,33)/t14-/m0/s1. The number of carbonyl (C=O) groups excluding carboxylic acids is 5. The highest BCUT2D eigenvalue weighted by Crippen LogP contribution is 2.26. The van der Waals surface area contributed by atoms with Gasteiger partial charge in [0.05, 0.1) is 47.2 Å². The van der Waals surface area contributed by atoms with E-state index in [1.54, 1.807) is 13.8 Å². The van der Waals surface area contributed by atoms with E-state index in [0.29, 0.717) is 0 Å². The average molecular weight is 477 g/mol. The molecule has 2 N–H and O–H groups in total. The maximum Gasteiger partial charge on any atom is 0.338 e. The molecule has 2 aliphatic heterocycles. The fourth-order valence-electron chi connectivity index (χ4n) is 3.94. The van der Waals surface area contributed by atoms with Crippen LogP contribution < -0.4 is 10.6 Å². The molecule has 0 saturated heterocycles. The maximum atomic E-state index is 12.9. The Labute approximate surface area is 200 Å². The van der Waals surface area contributed by atoms with Crippen molar-refractivity contribution in [1.29, 1.82) is 0 Å². The third kappa shape index (κ3) is 4.77. The highest BCUT2D eigenvalue weighted by molar-refractivity contribution is 6.21. The van der Waals surface area contributed by atoms with Gasteiger partial charge in [0.1, 0.15) is 6.61 Å². The number of amides is 4. The molecule has 180 valence electrons. The number of urea groups is 1. The first-order chi connectivity index (χ1) is 16.8. The Morgan fingerprint density at radius 1 is 0.943 bits per heavy atom. The maximum absolute atomic E-state index is 12.9. The van der Waals surface area contributed by atoms with E-state index < -0.39 is 42.4 Å². The highest BCUT2D eigenvalue weighted by atomic mass is 16.5. The minimum absolute atomic E-state index is 0.0538. The molecule has 0 unspecified atom stereocenters. The Morgan fingerprint density at radius 3 is 2.37 bits per heavy atom. The molecule has 0 radical (unpaired) electrons. The summed E-state index contributed by atoms with van der Waals surface area (Å²) in [6.07, 6.45) is 0. The van der Waals surface area contributed by atoms with E-state index >= 15 is 0 Å². The van der Waals surface area contributed by atoms with Gasteiger partial charge in [0, 0.05) is 0 Å². The van der Waals surface area contributed by atoms with E-state index in [2.05, 4.69) is 10.6 Å². The lowest BCUT2D eigenvalue weighted by molar-refractivity contribution is -0.139. The fourth-order valence-corrected chi connectivity index (χ4v) is 3.94. The molecular weight excluding hydrogens is 454 g/mol. The zero-order valence-corrected chi connectivity index (χ0v) is 19.1. The zero-order chi connectivity index (χ0) is 25.1. The molecule has 1 atom stereocenters. The third-order valence-corrected chi connectivity index (χ3v) is 5.60. The summed E-state index contributed by atoms with van der Waals surface area (Å²) in [6.45, 7) is 3.12. The Bertz CT molecular complexity index is 1250. The van der Waals surface area contributed by atoms with E-state index in [1.807, 2.05) is 30.3 Å². The number of nitrogens with zero attached hydrogens (tertiary/aromatic N) is 1. The number of imide groups is 1. The van der Waals surface area contributed by atoms with Crippen molar-refractivity contribution in [2.75, 3.05) is 13.2 Å². The molecule has 10 heteroatoms. The Balaban J connectivity index is 1.50. The van der Waals surface area contributed by atoms with Gasteiger partial charge in [-0.25, -0.2) is 14.4 Å². The molecule has 0 aromatic heterocycles. The van der Waals surface area contributed by atoms with Crippen LogP contribution in [-0.4, -0.2) is 53.9 Å². The van der Waals surface area contributed by atoms with Crippen LogP contribution in [0.5, 0.6) is 0 Å². The average Bonchev–Trinajstić information content (AvgIpc) is 3.07. The molecule has 35 heavy (non-hydrogen) atoms. The lowest BCUT2D eigenvalue weighted by Gasteiger charge is -2.26. The van der Waals surface area contributed by atoms with E-state index in [9.17, 15) is 24.0 Å². The number of esters is 2. The molecule has 2 aromatic carbocycles. The van der Waals surface area contributed by atoms with Crippen molar-refractivity contribution < 1.29 is 33.4 Å². The van der Waals surface area contributed by atoms with Gasteiger partial charge in [-0.05, 0) is 37.6 Å². The number of hydrogen-bond donors (Lipinski definition) is 2. The molecule has 0 saturated carbocycles. The molecule has 2 aliphatic rings. The third-order valence-electron chi connectivity index (χ3n) is 5.60. The lowest BCUT2D eigenvalue weighted by atomic mass is 10.0. The van der Waals surface area contributed by atoms with E-state index in [-0.39, 0.29) is 41.1 Å². The van der Waals surface area contributed by atoms with Crippen molar-refractivity contribution in [3.63, 3.8) is 0 Å². The van der Waals surface area contributed by atoms with Crippen LogP contribution in [-0.2, 0) is 20.8 Å². The van der Waals surface area contributed by atoms with Crippen LogP contribution in [0, 0.1) is 0 Å². The van der Waals surface area contributed by atoms with Crippen LogP contribution in [0.1, 0.15) is 50.5 Å². The van der Waals surface area contributed by atoms with E-state index in [0.717, 1.165) is 10.5 Å². The smallest absolute Gasteiger partial charge is 0.338 e. The monoisotopic (exact) mass is 477 g/mol. The fraction of sp³-hybridized carbons (Fsp3) is 0.240. The Morgan fingerprint density at radius 2 is 1.66 bits per heavy atom. The topological polar surface area (TPSA) is 131 Å². The summed E-state index contributed by atoms with van der Waals surface area (Å²) in [5.74, 6) is -2.37. The van der Waals surface area contributed by atoms with Gasteiger partial charge in [-0.15, -0.1) is 0 Å². The van der Waals surface area contributed by atoms with Crippen molar-refractivity contribution >= 4 is 29.8 Å². The van der Waals surface area contributed by atoms with Gasteiger partial charge in [0.25, 0.3) is 11.8 Å². The predicted octanol–water partition coefficient (Wildman–Crippen LogP) is 2.16. The van der Waals surface area contributed by atoms with Crippen LogP contribution in [0.4, 0.5) is 4.79 Å². The summed E-state index contributed by atoms with van der Waals surface area (Å²) < 4.78 is 10.3. The van der Waals surface area contributed by atoms with Gasteiger partial charge in [-0.2, -0.15) is 0 Å². The molecular formula is C25H23N3O7. The van der Waals surface area contributed by atoms with Crippen LogP contribution in [0.15, 0.2) is 59.8 Å². The molecule has 4 rings (SSSR count). The first-order valence-corrected chi connectivity index (χ1v) is 11.0. The SMILES string of the molecule is CCOC(=O)C1=C(COC(=O)c2ccc3c(c2)C(=O)N(Cc2ccccc2)C3=O)NC(=O)N[C@H]1C. The second kappa shape index (κ2) is 9.80. The predicted molar refractivity (Wildman–Crippen MR) is 122 cm³/mol. The summed E-state index contributed by atoms with van der Waals surface area (Å²) in [5.41, 5.74) is 1.41. The summed E-state index contributed by atoms with van der Waals surface area (Å²) in [6, 6.07) is 12.0. The minimum atomic E-state index is -0.786. The Hall–Kier alpha value is -4.47. The van der Waals surface area contributed by atoms with Gasteiger partial charge in [-0.3, -0.25) is 14.5 Å². The number of hydrogen-bond acceptors (Lipinski definition) is 7. The molecule has 10 nitrogen and oxygen atoms in total. The van der Waals surface area contributed by atoms with Crippen molar-refractivity contribution in [3.8, 4) is 0 Å². The first-order valence-electron chi connectivity index (χ1n) is 11.0. The minimum Gasteiger partial charge on any atom is -0.463 e. The van der Waals surface area contributed by atoms with E-state index in [1.165, 1.54) is 18.2 Å². The zero-order valence-electron chi connectivity index (χ0n) is 19.1. The van der Waals surface area contributed by atoms with Crippen LogP contribution in [0.25, 0.3) is 0 Å². The van der Waals surface area contributed by atoms with Gasteiger partial charge in [0.15, 0.2) is 0 Å². The Kier molecular flexibility index (Phi) is 6.63. The molecule has 4 amide bonds. The number of benzene rings is 2. The van der Waals surface area contributed by atoms with Crippen LogP contribution in [0.2, 0.25) is 0 Å². The van der Waals surface area contributed by atoms with Crippen molar-refractivity contribution in [1.82, 2.24) is 15.5 Å². The van der Waals surface area contributed by atoms with Gasteiger partial charge in [-0.1, -0.05) is 30.3 Å². The second-order valence-electron chi connectivity index (χ2n) is 7.95. The quantitative estimate of drug-likeness (QED) is 0.461. The van der Waals surface area contributed by atoms with Gasteiger partial charge in [0.2, 0.25) is 0 Å². The molecule has 0 fully saturated rings. The lowest BCUT2D eigenvalue weighted by Crippen LogP contribution is -2.50. The van der Waals surface area contributed by atoms with Crippen molar-refractivity contribution in [2.24, 2.45) is 0 Å². The molecule has 2 aromatic rings. The molecule has 0 bridgehead atoms. The van der Waals surface area contributed by atoms with E-state index in [4.69, 9.17) is 9.47 Å². The first kappa shape index (κ1) is 23.7. The summed E-state index contributed by atoms with van der Waals surface area (Å²) >= 11 is 0. The highest BCUT2D eigenvalue weighted by Gasteiger charge is 2.36. The summed E-state index contributed by atoms with van der Waals surface area (Å²) in [5, 5.41) is 5.03. The van der Waals surface area contributed by atoms with Crippen molar-refractivity contribution in [2.45, 2.75) is 26.4 Å². The number of ether oxygens (including phenoxy) is 2. The number of carbonyl (C=O) groups is 5. The van der Waals surface area contributed by atoms with Crippen LogP contribution in [0.3, 0.4) is 0 Å². The van der Waals surface area contributed by atoms with Gasteiger partial charge < -0.3 is 20.1 Å². The number of fused-ring (bicyclic) bond motifs is 1. The molecule has 0 aliphatic carbocycles. The molecule has 0 spiro atoms. The summed E-state index contributed by atoms with van der Waals surface area (Å²) in [4.78, 5) is 63.6. The summed E-state index contributed by atoms with van der Waals surface area (Å²) in [7, 11) is 0. The number of rotatable bonds is 7.